The number of nitrogens with zero attached hydrogens (tertiary/aromatic N) is 2. The first-order valence-corrected chi connectivity index (χ1v) is 6.15. The van der Waals surface area contributed by atoms with Crippen LogP contribution in [0, 0.1) is 6.92 Å². The summed E-state index contributed by atoms with van der Waals surface area (Å²) in [7, 11) is 0. The molecule has 17 heavy (non-hydrogen) atoms. The van der Waals surface area contributed by atoms with Crippen LogP contribution in [0.2, 0.25) is 0 Å². The fourth-order valence-corrected chi connectivity index (χ4v) is 2.18. The third kappa shape index (κ3) is 3.03. The number of hydrogen-bond donors (Lipinski definition) is 1. The van der Waals surface area contributed by atoms with Crippen LogP contribution in [-0.4, -0.2) is 34.9 Å². The van der Waals surface area contributed by atoms with E-state index in [0.29, 0.717) is 12.2 Å². The average molecular weight is 233 g/mol. The fourth-order valence-electron chi connectivity index (χ4n) is 2.18. The second kappa shape index (κ2) is 5.27. The maximum absolute atomic E-state index is 12.3. The standard InChI is InChI=1S/C13H19N3O/c1-10-5-4-7-12(15-10)13(17)16-8-3-2-6-11(14)9-16/h4-5,7,11H,2-3,6,8-9,14H2,1H3. The first-order chi connectivity index (χ1) is 8.16. The molecule has 0 saturated carbocycles. The van der Waals surface area contributed by atoms with Crippen LogP contribution in [0.5, 0.6) is 0 Å². The van der Waals surface area contributed by atoms with Crippen molar-refractivity contribution < 1.29 is 4.79 Å². The molecule has 4 heteroatoms. The Morgan fingerprint density at radius 2 is 2.29 bits per heavy atom. The van der Waals surface area contributed by atoms with E-state index in [1.807, 2.05) is 24.0 Å². The van der Waals surface area contributed by atoms with E-state index in [9.17, 15) is 4.79 Å². The Kier molecular flexibility index (Phi) is 3.74. The van der Waals surface area contributed by atoms with Gasteiger partial charge in [-0.25, -0.2) is 4.98 Å². The number of likely N-dealkylation sites (tertiary alicyclic amines) is 1. The lowest BCUT2D eigenvalue weighted by atomic mass is 10.2. The van der Waals surface area contributed by atoms with Crippen LogP contribution in [0.15, 0.2) is 18.2 Å². The second-order valence-electron chi connectivity index (χ2n) is 4.67. The molecule has 4 nitrogen and oxygen atoms in total. The zero-order valence-corrected chi connectivity index (χ0v) is 10.2. The minimum absolute atomic E-state index is 0.00560. The summed E-state index contributed by atoms with van der Waals surface area (Å²) < 4.78 is 0. The number of pyridine rings is 1. The van der Waals surface area contributed by atoms with Gasteiger partial charge in [0.2, 0.25) is 0 Å². The molecule has 1 aromatic heterocycles. The topological polar surface area (TPSA) is 59.2 Å². The second-order valence-corrected chi connectivity index (χ2v) is 4.67. The smallest absolute Gasteiger partial charge is 0.272 e. The van der Waals surface area contributed by atoms with Gasteiger partial charge in [-0.1, -0.05) is 12.5 Å². The Bertz CT molecular complexity index is 405. The van der Waals surface area contributed by atoms with E-state index in [1.165, 1.54) is 0 Å². The van der Waals surface area contributed by atoms with E-state index in [0.717, 1.165) is 31.5 Å². The molecular formula is C13H19N3O. The summed E-state index contributed by atoms with van der Waals surface area (Å²) in [6.45, 7) is 3.33. The van der Waals surface area contributed by atoms with Gasteiger partial charge in [0.05, 0.1) is 0 Å². The van der Waals surface area contributed by atoms with E-state index in [-0.39, 0.29) is 11.9 Å². The number of nitrogens with two attached hydrogens (primary N) is 1. The number of carbonyl (C=O) groups excluding carboxylic acids is 1. The third-order valence-corrected chi connectivity index (χ3v) is 3.10. The van der Waals surface area contributed by atoms with Crippen molar-refractivity contribution in [2.75, 3.05) is 13.1 Å². The number of carbonyl (C=O) groups is 1. The maximum atomic E-state index is 12.3. The zero-order valence-electron chi connectivity index (χ0n) is 10.2. The van der Waals surface area contributed by atoms with Crippen molar-refractivity contribution in [2.24, 2.45) is 5.73 Å². The molecule has 0 aromatic carbocycles. The monoisotopic (exact) mass is 233 g/mol. The Morgan fingerprint density at radius 1 is 1.47 bits per heavy atom. The Morgan fingerprint density at radius 3 is 3.06 bits per heavy atom. The molecule has 2 N–H and O–H groups in total. The van der Waals surface area contributed by atoms with Gasteiger partial charge in [-0.2, -0.15) is 0 Å². The van der Waals surface area contributed by atoms with E-state index in [1.54, 1.807) is 6.07 Å². The summed E-state index contributed by atoms with van der Waals surface area (Å²) in [5.41, 5.74) is 7.35. The minimum atomic E-state index is 0.00560. The average Bonchev–Trinajstić information content (AvgIpc) is 2.53. The van der Waals surface area contributed by atoms with Crippen LogP contribution in [-0.2, 0) is 0 Å². The third-order valence-electron chi connectivity index (χ3n) is 3.10. The molecule has 1 aliphatic rings. The highest BCUT2D eigenvalue weighted by atomic mass is 16.2. The SMILES string of the molecule is Cc1cccc(C(=O)N2CCCCC(N)C2)n1. The molecule has 0 spiro atoms. The summed E-state index contributed by atoms with van der Waals surface area (Å²) in [5, 5.41) is 0. The van der Waals surface area contributed by atoms with Gasteiger partial charge >= 0.3 is 0 Å². The summed E-state index contributed by atoms with van der Waals surface area (Å²) >= 11 is 0. The van der Waals surface area contributed by atoms with Crippen molar-refractivity contribution in [1.82, 2.24) is 9.88 Å². The highest BCUT2D eigenvalue weighted by Gasteiger charge is 2.21. The number of hydrogen-bond acceptors (Lipinski definition) is 3. The van der Waals surface area contributed by atoms with Crippen LogP contribution in [0.3, 0.4) is 0 Å². The Labute approximate surface area is 102 Å². The van der Waals surface area contributed by atoms with Gasteiger partial charge in [0.15, 0.2) is 0 Å². The molecule has 92 valence electrons. The fraction of sp³-hybridized carbons (Fsp3) is 0.538. The number of rotatable bonds is 1. The molecular weight excluding hydrogens is 214 g/mol. The van der Waals surface area contributed by atoms with Gasteiger partial charge in [0.25, 0.3) is 5.91 Å². The summed E-state index contributed by atoms with van der Waals surface area (Å²) in [6, 6.07) is 5.63. The minimum Gasteiger partial charge on any atom is -0.336 e. The molecule has 0 aliphatic carbocycles. The lowest BCUT2D eigenvalue weighted by molar-refractivity contribution is 0.0749. The molecule has 1 atom stereocenters. The van der Waals surface area contributed by atoms with Crippen LogP contribution < -0.4 is 5.73 Å². The molecule has 1 fully saturated rings. The van der Waals surface area contributed by atoms with Crippen molar-refractivity contribution in [3.63, 3.8) is 0 Å². The largest absolute Gasteiger partial charge is 0.336 e. The summed E-state index contributed by atoms with van der Waals surface area (Å²) in [4.78, 5) is 18.4. The van der Waals surface area contributed by atoms with Gasteiger partial charge in [0, 0.05) is 24.8 Å². The molecule has 1 aliphatic heterocycles. The first-order valence-electron chi connectivity index (χ1n) is 6.15. The van der Waals surface area contributed by atoms with Crippen molar-refractivity contribution in [3.05, 3.63) is 29.6 Å². The molecule has 1 saturated heterocycles. The predicted octanol–water partition coefficient (Wildman–Crippen LogP) is 1.34. The van der Waals surface area contributed by atoms with Gasteiger partial charge in [0.1, 0.15) is 5.69 Å². The van der Waals surface area contributed by atoms with E-state index >= 15 is 0 Å². The quantitative estimate of drug-likeness (QED) is 0.796. The molecule has 1 amide bonds. The zero-order chi connectivity index (χ0) is 12.3. The lowest BCUT2D eigenvalue weighted by Crippen LogP contribution is -2.40. The molecule has 2 rings (SSSR count). The number of aryl methyl sites for hydroxylation is 1. The maximum Gasteiger partial charge on any atom is 0.272 e. The highest BCUT2D eigenvalue weighted by molar-refractivity contribution is 5.92. The van der Waals surface area contributed by atoms with E-state index < -0.39 is 0 Å². The number of amides is 1. The van der Waals surface area contributed by atoms with Crippen LogP contribution in [0.4, 0.5) is 0 Å². The first kappa shape index (κ1) is 12.0. The van der Waals surface area contributed by atoms with Gasteiger partial charge in [-0.3, -0.25) is 4.79 Å². The molecule has 0 bridgehead atoms. The van der Waals surface area contributed by atoms with Crippen molar-refractivity contribution in [3.8, 4) is 0 Å². The van der Waals surface area contributed by atoms with Crippen LogP contribution in [0.1, 0.15) is 35.4 Å². The highest BCUT2D eigenvalue weighted by Crippen LogP contribution is 2.12. The number of aromatic nitrogens is 1. The molecule has 1 unspecified atom stereocenters. The lowest BCUT2D eigenvalue weighted by Gasteiger charge is -2.22. The van der Waals surface area contributed by atoms with Gasteiger partial charge in [-0.15, -0.1) is 0 Å². The van der Waals surface area contributed by atoms with Crippen molar-refractivity contribution >= 4 is 5.91 Å². The molecule has 1 aromatic rings. The van der Waals surface area contributed by atoms with Crippen LogP contribution in [0.25, 0.3) is 0 Å². The van der Waals surface area contributed by atoms with Gasteiger partial charge in [-0.05, 0) is 31.9 Å². The summed E-state index contributed by atoms with van der Waals surface area (Å²) in [5.74, 6) is 0.00560. The normalized spacial score (nSPS) is 21.1. The Hall–Kier alpha value is -1.42. The van der Waals surface area contributed by atoms with E-state index in [2.05, 4.69) is 4.98 Å². The Balaban J connectivity index is 2.13. The predicted molar refractivity (Wildman–Crippen MR) is 66.7 cm³/mol. The van der Waals surface area contributed by atoms with Crippen molar-refractivity contribution in [1.29, 1.82) is 0 Å². The molecule has 0 radical (unpaired) electrons. The van der Waals surface area contributed by atoms with Crippen LogP contribution >= 0.6 is 0 Å². The molecule has 2 heterocycles. The van der Waals surface area contributed by atoms with Crippen molar-refractivity contribution in [2.45, 2.75) is 32.2 Å². The summed E-state index contributed by atoms with van der Waals surface area (Å²) in [6.07, 6.45) is 3.14. The van der Waals surface area contributed by atoms with E-state index in [4.69, 9.17) is 5.73 Å². The van der Waals surface area contributed by atoms with Gasteiger partial charge < -0.3 is 10.6 Å².